The molecular formula is C19H26N2O4. The largest absolute Gasteiger partial charge is 0.464 e. The SMILES string of the molecule is CCOC(=O)C1(NC(=O)CC(C)NC(=O)c2ccccc2)CCCC1. The van der Waals surface area contributed by atoms with E-state index in [1.807, 2.05) is 6.07 Å². The van der Waals surface area contributed by atoms with Crippen LogP contribution in [0.2, 0.25) is 0 Å². The number of ether oxygens (including phenoxy) is 1. The first kappa shape index (κ1) is 19.0. The molecule has 1 fully saturated rings. The molecule has 1 aliphatic rings. The average Bonchev–Trinajstić information content (AvgIpc) is 3.05. The Morgan fingerprint density at radius 3 is 2.40 bits per heavy atom. The Morgan fingerprint density at radius 1 is 1.16 bits per heavy atom. The first-order valence-corrected chi connectivity index (χ1v) is 8.81. The molecule has 6 nitrogen and oxygen atoms in total. The van der Waals surface area contributed by atoms with Crippen LogP contribution in [0.25, 0.3) is 0 Å². The lowest BCUT2D eigenvalue weighted by molar-refractivity contribution is -0.153. The first-order chi connectivity index (χ1) is 12.0. The van der Waals surface area contributed by atoms with Crippen molar-refractivity contribution in [2.75, 3.05) is 6.61 Å². The van der Waals surface area contributed by atoms with Gasteiger partial charge < -0.3 is 15.4 Å². The molecule has 25 heavy (non-hydrogen) atoms. The molecule has 0 heterocycles. The third-order valence-corrected chi connectivity index (χ3v) is 4.41. The van der Waals surface area contributed by atoms with E-state index in [0.717, 1.165) is 12.8 Å². The summed E-state index contributed by atoms with van der Waals surface area (Å²) in [6.07, 6.45) is 3.09. The summed E-state index contributed by atoms with van der Waals surface area (Å²) in [4.78, 5) is 36.7. The van der Waals surface area contributed by atoms with Crippen molar-refractivity contribution in [3.8, 4) is 0 Å². The van der Waals surface area contributed by atoms with Gasteiger partial charge in [-0.1, -0.05) is 31.0 Å². The van der Waals surface area contributed by atoms with Crippen molar-refractivity contribution < 1.29 is 19.1 Å². The van der Waals surface area contributed by atoms with Crippen molar-refractivity contribution in [2.45, 2.75) is 57.5 Å². The summed E-state index contributed by atoms with van der Waals surface area (Å²) in [6.45, 7) is 3.82. The molecule has 1 atom stereocenters. The van der Waals surface area contributed by atoms with Crippen LogP contribution in [0.5, 0.6) is 0 Å². The van der Waals surface area contributed by atoms with E-state index in [-0.39, 0.29) is 30.2 Å². The molecule has 2 N–H and O–H groups in total. The first-order valence-electron chi connectivity index (χ1n) is 8.81. The molecule has 2 rings (SSSR count). The zero-order valence-corrected chi connectivity index (χ0v) is 14.8. The maximum absolute atomic E-state index is 12.4. The lowest BCUT2D eigenvalue weighted by Crippen LogP contribution is -2.54. The van der Waals surface area contributed by atoms with E-state index in [1.54, 1.807) is 38.1 Å². The lowest BCUT2D eigenvalue weighted by Gasteiger charge is -2.28. The monoisotopic (exact) mass is 346 g/mol. The zero-order valence-electron chi connectivity index (χ0n) is 14.8. The predicted octanol–water partition coefficient (Wildman–Crippen LogP) is 2.19. The number of esters is 1. The number of hydrogen-bond acceptors (Lipinski definition) is 4. The highest BCUT2D eigenvalue weighted by Gasteiger charge is 2.43. The minimum Gasteiger partial charge on any atom is -0.464 e. The molecule has 136 valence electrons. The number of carbonyl (C=O) groups excluding carboxylic acids is 3. The fourth-order valence-corrected chi connectivity index (χ4v) is 3.17. The van der Waals surface area contributed by atoms with E-state index < -0.39 is 5.54 Å². The Morgan fingerprint density at radius 2 is 1.80 bits per heavy atom. The second-order valence-corrected chi connectivity index (χ2v) is 6.50. The molecule has 1 unspecified atom stereocenters. The molecule has 1 aromatic carbocycles. The molecule has 1 saturated carbocycles. The summed E-state index contributed by atoms with van der Waals surface area (Å²) in [6, 6.07) is 8.51. The molecule has 6 heteroatoms. The number of rotatable bonds is 7. The quantitative estimate of drug-likeness (QED) is 0.741. The van der Waals surface area contributed by atoms with Gasteiger partial charge in [0.05, 0.1) is 6.61 Å². The molecule has 1 aromatic rings. The summed E-state index contributed by atoms with van der Waals surface area (Å²) >= 11 is 0. The Labute approximate surface area is 148 Å². The molecule has 0 bridgehead atoms. The molecule has 0 spiro atoms. The van der Waals surface area contributed by atoms with Crippen LogP contribution < -0.4 is 10.6 Å². The second-order valence-electron chi connectivity index (χ2n) is 6.50. The number of nitrogens with one attached hydrogen (secondary N) is 2. The number of hydrogen-bond donors (Lipinski definition) is 2. The van der Waals surface area contributed by atoms with Crippen LogP contribution in [0.3, 0.4) is 0 Å². The summed E-state index contributed by atoms with van der Waals surface area (Å²) in [7, 11) is 0. The molecule has 0 aliphatic heterocycles. The van der Waals surface area contributed by atoms with E-state index in [0.29, 0.717) is 25.0 Å². The molecule has 2 amide bonds. The normalized spacial score (nSPS) is 16.7. The van der Waals surface area contributed by atoms with Gasteiger partial charge in [0, 0.05) is 18.0 Å². The summed E-state index contributed by atoms with van der Waals surface area (Å²) < 4.78 is 5.13. The van der Waals surface area contributed by atoms with Crippen LogP contribution in [0.4, 0.5) is 0 Å². The smallest absolute Gasteiger partial charge is 0.331 e. The van der Waals surface area contributed by atoms with Gasteiger partial charge in [-0.05, 0) is 38.8 Å². The van der Waals surface area contributed by atoms with Crippen LogP contribution in [0.15, 0.2) is 30.3 Å². The van der Waals surface area contributed by atoms with E-state index in [9.17, 15) is 14.4 Å². The van der Waals surface area contributed by atoms with Gasteiger partial charge in [0.2, 0.25) is 5.91 Å². The summed E-state index contributed by atoms with van der Waals surface area (Å²) in [5.74, 6) is -0.834. The Bertz CT molecular complexity index is 609. The van der Waals surface area contributed by atoms with Gasteiger partial charge in [-0.2, -0.15) is 0 Å². The highest BCUT2D eigenvalue weighted by Crippen LogP contribution is 2.31. The fraction of sp³-hybridized carbons (Fsp3) is 0.526. The standard InChI is InChI=1S/C19H26N2O4/c1-3-25-18(24)19(11-7-8-12-19)21-16(22)13-14(2)20-17(23)15-9-5-4-6-10-15/h4-6,9-10,14H,3,7-8,11-13H2,1-2H3,(H,20,23)(H,21,22). The predicted molar refractivity (Wildman–Crippen MR) is 94.0 cm³/mol. The number of amides is 2. The number of benzene rings is 1. The van der Waals surface area contributed by atoms with E-state index >= 15 is 0 Å². The average molecular weight is 346 g/mol. The highest BCUT2D eigenvalue weighted by molar-refractivity contribution is 5.95. The fourth-order valence-electron chi connectivity index (χ4n) is 3.17. The van der Waals surface area contributed by atoms with Crippen molar-refractivity contribution in [3.05, 3.63) is 35.9 Å². The van der Waals surface area contributed by atoms with Crippen LogP contribution in [0, 0.1) is 0 Å². The van der Waals surface area contributed by atoms with Crippen LogP contribution in [0.1, 0.15) is 56.3 Å². The highest BCUT2D eigenvalue weighted by atomic mass is 16.5. The zero-order chi connectivity index (χ0) is 18.3. The lowest BCUT2D eigenvalue weighted by atomic mass is 9.97. The molecular weight excluding hydrogens is 320 g/mol. The van der Waals surface area contributed by atoms with Crippen LogP contribution in [-0.2, 0) is 14.3 Å². The molecule has 0 saturated heterocycles. The van der Waals surface area contributed by atoms with Gasteiger partial charge in [-0.3, -0.25) is 9.59 Å². The second kappa shape index (κ2) is 8.65. The topological polar surface area (TPSA) is 84.5 Å². The Hall–Kier alpha value is -2.37. The van der Waals surface area contributed by atoms with Crippen molar-refractivity contribution in [1.29, 1.82) is 0 Å². The molecule has 1 aliphatic carbocycles. The minimum atomic E-state index is -0.906. The molecule has 0 aromatic heterocycles. The Balaban J connectivity index is 1.90. The third-order valence-electron chi connectivity index (χ3n) is 4.41. The van der Waals surface area contributed by atoms with Crippen molar-refractivity contribution in [1.82, 2.24) is 10.6 Å². The van der Waals surface area contributed by atoms with E-state index in [4.69, 9.17) is 4.74 Å². The third kappa shape index (κ3) is 5.05. The summed E-state index contributed by atoms with van der Waals surface area (Å²) in [5.41, 5.74) is -0.357. The van der Waals surface area contributed by atoms with Gasteiger partial charge in [0.25, 0.3) is 5.91 Å². The van der Waals surface area contributed by atoms with E-state index in [2.05, 4.69) is 10.6 Å². The Kier molecular flexibility index (Phi) is 6.56. The van der Waals surface area contributed by atoms with Gasteiger partial charge in [0.1, 0.15) is 5.54 Å². The van der Waals surface area contributed by atoms with Crippen LogP contribution >= 0.6 is 0 Å². The minimum absolute atomic E-state index is 0.111. The van der Waals surface area contributed by atoms with Gasteiger partial charge in [-0.15, -0.1) is 0 Å². The van der Waals surface area contributed by atoms with Gasteiger partial charge >= 0.3 is 5.97 Å². The van der Waals surface area contributed by atoms with Crippen LogP contribution in [-0.4, -0.2) is 36.0 Å². The maximum Gasteiger partial charge on any atom is 0.331 e. The summed E-state index contributed by atoms with van der Waals surface area (Å²) in [5, 5.41) is 5.66. The maximum atomic E-state index is 12.4. The number of carbonyl (C=O) groups is 3. The van der Waals surface area contributed by atoms with E-state index in [1.165, 1.54) is 0 Å². The van der Waals surface area contributed by atoms with Crippen molar-refractivity contribution in [2.24, 2.45) is 0 Å². The molecule has 0 radical (unpaired) electrons. The van der Waals surface area contributed by atoms with Gasteiger partial charge in [-0.25, -0.2) is 4.79 Å². The van der Waals surface area contributed by atoms with Crippen molar-refractivity contribution in [3.63, 3.8) is 0 Å². The van der Waals surface area contributed by atoms with Crippen molar-refractivity contribution >= 4 is 17.8 Å². The van der Waals surface area contributed by atoms with Gasteiger partial charge in [0.15, 0.2) is 0 Å².